The molecule has 0 radical (unpaired) electrons. The lowest BCUT2D eigenvalue weighted by atomic mass is 9.99. The van der Waals surface area contributed by atoms with E-state index in [0.717, 1.165) is 25.9 Å². The van der Waals surface area contributed by atoms with Gasteiger partial charge in [-0.1, -0.05) is 42.0 Å². The van der Waals surface area contributed by atoms with Crippen LogP contribution >= 0.6 is 0 Å². The molecule has 2 aliphatic heterocycles. The van der Waals surface area contributed by atoms with Crippen LogP contribution in [0.4, 0.5) is 0 Å². The molecule has 2 saturated heterocycles. The van der Waals surface area contributed by atoms with Crippen molar-refractivity contribution < 1.29 is 13.5 Å². The Hall–Kier alpha value is -1.17. The summed E-state index contributed by atoms with van der Waals surface area (Å²) in [7, 11) is -3.06. The molecule has 0 aromatic heterocycles. The van der Waals surface area contributed by atoms with Crippen LogP contribution in [0.3, 0.4) is 0 Å². The topological polar surface area (TPSA) is 57.6 Å². The summed E-state index contributed by atoms with van der Waals surface area (Å²) in [5, 5.41) is 9.94. The molecule has 21 heavy (non-hydrogen) atoms. The molecule has 1 aromatic carbocycles. The van der Waals surface area contributed by atoms with Gasteiger partial charge in [0.2, 0.25) is 0 Å². The molecule has 2 heterocycles. The maximum Gasteiger partial charge on any atom is 0.154 e. The fourth-order valence-electron chi connectivity index (χ4n) is 3.23. The van der Waals surface area contributed by atoms with Gasteiger partial charge in [0, 0.05) is 13.1 Å². The first-order chi connectivity index (χ1) is 10.0. The van der Waals surface area contributed by atoms with Gasteiger partial charge in [-0.25, -0.2) is 8.42 Å². The Kier molecular flexibility index (Phi) is 4.15. The zero-order valence-electron chi connectivity index (χ0n) is 12.0. The summed E-state index contributed by atoms with van der Waals surface area (Å²) in [6, 6.07) is 10.0. The zero-order valence-corrected chi connectivity index (χ0v) is 12.8. The monoisotopic (exact) mass is 307 g/mol. The average molecular weight is 307 g/mol. The van der Waals surface area contributed by atoms with E-state index in [9.17, 15) is 13.5 Å². The average Bonchev–Trinajstić information content (AvgIpc) is 2.74. The van der Waals surface area contributed by atoms with E-state index in [4.69, 9.17) is 0 Å². The van der Waals surface area contributed by atoms with Crippen LogP contribution in [-0.2, 0) is 9.84 Å². The lowest BCUT2D eigenvalue weighted by Crippen LogP contribution is -2.46. The third-order valence-electron chi connectivity index (χ3n) is 4.37. The molecule has 2 atom stereocenters. The fraction of sp³-hybridized carbons (Fsp3) is 0.500. The van der Waals surface area contributed by atoms with Crippen molar-refractivity contribution in [2.75, 3.05) is 24.6 Å². The van der Waals surface area contributed by atoms with Crippen LogP contribution in [-0.4, -0.2) is 55.2 Å². The van der Waals surface area contributed by atoms with Crippen molar-refractivity contribution in [1.82, 2.24) is 4.90 Å². The van der Waals surface area contributed by atoms with Crippen LogP contribution in [0, 0.1) is 0 Å². The molecule has 0 aliphatic carbocycles. The first-order valence-corrected chi connectivity index (χ1v) is 9.23. The summed E-state index contributed by atoms with van der Waals surface area (Å²) in [6.07, 6.45) is 3.38. The third-order valence-corrected chi connectivity index (χ3v) is 6.07. The Labute approximate surface area is 126 Å². The molecule has 0 saturated carbocycles. The molecule has 2 aliphatic rings. The molecule has 0 spiro atoms. The van der Waals surface area contributed by atoms with E-state index >= 15 is 0 Å². The summed E-state index contributed by atoms with van der Waals surface area (Å²) >= 11 is 0. The molecule has 0 amide bonds. The van der Waals surface area contributed by atoms with Crippen LogP contribution in [0.15, 0.2) is 35.9 Å². The molecular formula is C16H21NO3S. The minimum atomic E-state index is -3.06. The minimum Gasteiger partial charge on any atom is -0.390 e. The van der Waals surface area contributed by atoms with Crippen molar-refractivity contribution in [2.45, 2.75) is 25.0 Å². The van der Waals surface area contributed by atoms with Crippen molar-refractivity contribution in [3.8, 4) is 0 Å². The van der Waals surface area contributed by atoms with Gasteiger partial charge in [-0.05, 0) is 18.4 Å². The van der Waals surface area contributed by atoms with Gasteiger partial charge in [-0.15, -0.1) is 0 Å². The Morgan fingerprint density at radius 1 is 1.10 bits per heavy atom. The number of nitrogens with zero attached hydrogens (tertiary/aromatic N) is 1. The largest absolute Gasteiger partial charge is 0.390 e. The highest BCUT2D eigenvalue weighted by atomic mass is 32.2. The Bertz CT molecular complexity index is 614. The molecule has 1 aromatic rings. The highest BCUT2D eigenvalue weighted by Gasteiger charge is 2.40. The van der Waals surface area contributed by atoms with E-state index < -0.39 is 15.9 Å². The number of likely N-dealkylation sites (tertiary alicyclic amines) is 1. The van der Waals surface area contributed by atoms with Crippen molar-refractivity contribution in [3.63, 3.8) is 0 Å². The number of rotatable bonds is 2. The van der Waals surface area contributed by atoms with E-state index in [1.807, 2.05) is 18.2 Å². The normalized spacial score (nSPS) is 29.5. The van der Waals surface area contributed by atoms with Gasteiger partial charge in [0.05, 0.1) is 23.7 Å². The lowest BCUT2D eigenvalue weighted by Gasteiger charge is -2.34. The maximum atomic E-state index is 11.6. The van der Waals surface area contributed by atoms with Crippen LogP contribution in [0.2, 0.25) is 0 Å². The number of aliphatic hydroxyl groups is 1. The van der Waals surface area contributed by atoms with E-state index in [0.29, 0.717) is 0 Å². The van der Waals surface area contributed by atoms with Gasteiger partial charge in [-0.2, -0.15) is 0 Å². The second kappa shape index (κ2) is 5.91. The van der Waals surface area contributed by atoms with Gasteiger partial charge < -0.3 is 5.11 Å². The van der Waals surface area contributed by atoms with Crippen molar-refractivity contribution in [1.29, 1.82) is 0 Å². The van der Waals surface area contributed by atoms with E-state index in [-0.39, 0.29) is 17.5 Å². The van der Waals surface area contributed by atoms with Crippen molar-refractivity contribution >= 4 is 15.9 Å². The van der Waals surface area contributed by atoms with E-state index in [1.54, 1.807) is 0 Å². The summed E-state index contributed by atoms with van der Waals surface area (Å²) < 4.78 is 23.2. The third kappa shape index (κ3) is 3.54. The SMILES string of the molecule is O=S1(=O)C[C@@H](N2CCC(=Cc3ccccc3)CC2)[C@@H](O)C1. The van der Waals surface area contributed by atoms with Crippen molar-refractivity contribution in [3.05, 3.63) is 41.5 Å². The van der Waals surface area contributed by atoms with E-state index in [1.165, 1.54) is 11.1 Å². The number of piperidine rings is 1. The fourth-order valence-corrected chi connectivity index (χ4v) is 5.06. The predicted molar refractivity (Wildman–Crippen MR) is 83.7 cm³/mol. The number of hydrogen-bond acceptors (Lipinski definition) is 4. The molecule has 4 nitrogen and oxygen atoms in total. The van der Waals surface area contributed by atoms with Gasteiger partial charge in [0.1, 0.15) is 0 Å². The highest BCUT2D eigenvalue weighted by molar-refractivity contribution is 7.91. The Morgan fingerprint density at radius 3 is 2.33 bits per heavy atom. The molecule has 3 rings (SSSR count). The Balaban J connectivity index is 1.62. The highest BCUT2D eigenvalue weighted by Crippen LogP contribution is 2.25. The lowest BCUT2D eigenvalue weighted by molar-refractivity contribution is 0.0781. The zero-order chi connectivity index (χ0) is 14.9. The van der Waals surface area contributed by atoms with Gasteiger partial charge in [0.15, 0.2) is 9.84 Å². The minimum absolute atomic E-state index is 0.0825. The number of benzene rings is 1. The summed E-state index contributed by atoms with van der Waals surface area (Å²) in [5.41, 5.74) is 2.61. The van der Waals surface area contributed by atoms with Crippen molar-refractivity contribution in [2.24, 2.45) is 0 Å². The predicted octanol–water partition coefficient (Wildman–Crippen LogP) is 1.32. The quantitative estimate of drug-likeness (QED) is 0.895. The van der Waals surface area contributed by atoms with E-state index in [2.05, 4.69) is 23.1 Å². The van der Waals surface area contributed by atoms with Gasteiger partial charge in [0.25, 0.3) is 0 Å². The second-order valence-electron chi connectivity index (χ2n) is 5.96. The molecular weight excluding hydrogens is 286 g/mol. The van der Waals surface area contributed by atoms with Crippen LogP contribution in [0.5, 0.6) is 0 Å². The number of hydrogen-bond donors (Lipinski definition) is 1. The standard InChI is InChI=1S/C16H21NO3S/c18-16-12-21(19,20)11-15(16)17-8-6-14(7-9-17)10-13-4-2-1-3-5-13/h1-5,10,15-16,18H,6-9,11-12H2/t15-,16+/m1/s1. The van der Waals surface area contributed by atoms with Crippen LogP contribution in [0.1, 0.15) is 18.4 Å². The molecule has 2 fully saturated rings. The van der Waals surface area contributed by atoms with Gasteiger partial charge in [-0.3, -0.25) is 4.90 Å². The second-order valence-corrected chi connectivity index (χ2v) is 8.11. The summed E-state index contributed by atoms with van der Waals surface area (Å²) in [6.45, 7) is 1.66. The molecule has 1 N–H and O–H groups in total. The van der Waals surface area contributed by atoms with Crippen LogP contribution < -0.4 is 0 Å². The molecule has 0 unspecified atom stereocenters. The molecule has 5 heteroatoms. The number of aliphatic hydroxyl groups excluding tert-OH is 1. The molecule has 0 bridgehead atoms. The smallest absolute Gasteiger partial charge is 0.154 e. The Morgan fingerprint density at radius 2 is 1.76 bits per heavy atom. The first-order valence-electron chi connectivity index (χ1n) is 7.40. The van der Waals surface area contributed by atoms with Crippen LogP contribution in [0.25, 0.3) is 6.08 Å². The summed E-state index contributed by atoms with van der Waals surface area (Å²) in [5.74, 6) is 0.0206. The van der Waals surface area contributed by atoms with Gasteiger partial charge >= 0.3 is 0 Å². The maximum absolute atomic E-state index is 11.6. The number of sulfone groups is 1. The first kappa shape index (κ1) is 14.8. The molecule has 114 valence electrons. The summed E-state index contributed by atoms with van der Waals surface area (Å²) in [4.78, 5) is 2.14.